The van der Waals surface area contributed by atoms with Gasteiger partial charge in [-0.2, -0.15) is 8.78 Å². The number of amidine groups is 1. The predicted molar refractivity (Wildman–Crippen MR) is 45.6 cm³/mol. The van der Waals surface area contributed by atoms with Crippen molar-refractivity contribution < 1.29 is 8.78 Å². The van der Waals surface area contributed by atoms with E-state index in [9.17, 15) is 8.78 Å². The molecule has 0 saturated heterocycles. The van der Waals surface area contributed by atoms with Crippen LogP contribution in [0.4, 0.5) is 8.78 Å². The molecule has 0 aliphatic carbocycles. The Morgan fingerprint density at radius 1 is 1.25 bits per heavy atom. The van der Waals surface area contributed by atoms with Crippen molar-refractivity contribution in [2.45, 2.75) is 39.5 Å². The van der Waals surface area contributed by atoms with Gasteiger partial charge in [0.2, 0.25) is 0 Å². The fourth-order valence-corrected chi connectivity index (χ4v) is 0.667. The van der Waals surface area contributed by atoms with Gasteiger partial charge in [0.05, 0.1) is 0 Å². The minimum Gasteiger partial charge on any atom is -0.383 e. The first-order valence-corrected chi connectivity index (χ1v) is 3.87. The fraction of sp³-hybridized carbons (Fsp3) is 0.875. The summed E-state index contributed by atoms with van der Waals surface area (Å²) < 4.78 is 25.5. The Morgan fingerprint density at radius 3 is 1.92 bits per heavy atom. The molecule has 0 spiro atoms. The fourth-order valence-electron chi connectivity index (χ4n) is 0.667. The summed E-state index contributed by atoms with van der Waals surface area (Å²) in [6.45, 7) is 5.63. The van der Waals surface area contributed by atoms with Crippen molar-refractivity contribution in [2.75, 3.05) is 0 Å². The van der Waals surface area contributed by atoms with Crippen LogP contribution >= 0.6 is 0 Å². The van der Waals surface area contributed by atoms with Crippen molar-refractivity contribution in [1.29, 1.82) is 5.41 Å². The zero-order valence-electron chi connectivity index (χ0n) is 7.75. The maximum Gasteiger partial charge on any atom is 0.303 e. The van der Waals surface area contributed by atoms with Crippen LogP contribution < -0.4 is 5.73 Å². The van der Waals surface area contributed by atoms with E-state index >= 15 is 0 Å². The van der Waals surface area contributed by atoms with Crippen LogP contribution in [0.3, 0.4) is 0 Å². The first kappa shape index (κ1) is 11.3. The molecule has 0 amide bonds. The van der Waals surface area contributed by atoms with Crippen LogP contribution in [0.15, 0.2) is 0 Å². The highest BCUT2D eigenvalue weighted by molar-refractivity contribution is 5.84. The molecule has 0 radical (unpaired) electrons. The molecule has 4 heteroatoms. The highest BCUT2D eigenvalue weighted by Gasteiger charge is 2.33. The van der Waals surface area contributed by atoms with Gasteiger partial charge in [0, 0.05) is 6.42 Å². The molecule has 0 bridgehead atoms. The van der Waals surface area contributed by atoms with Gasteiger partial charge in [0.1, 0.15) is 0 Å². The highest BCUT2D eigenvalue weighted by Crippen LogP contribution is 2.28. The third-order valence-electron chi connectivity index (χ3n) is 1.58. The quantitative estimate of drug-likeness (QED) is 0.506. The molecule has 72 valence electrons. The second kappa shape index (κ2) is 3.37. The van der Waals surface area contributed by atoms with E-state index in [-0.39, 0.29) is 11.8 Å². The molecule has 0 aliphatic heterocycles. The lowest BCUT2D eigenvalue weighted by molar-refractivity contribution is 0.0527. The molecule has 0 fully saturated rings. The standard InChI is InChI=1S/C8H16F2N2/c1-7(2,3)4-5-8(9,10)6(11)12/h4-5H2,1-3H3,(H3,11,12). The molecule has 3 N–H and O–H groups in total. The Balaban J connectivity index is 4.01. The molecule has 0 aromatic rings. The summed E-state index contributed by atoms with van der Waals surface area (Å²) in [6.07, 6.45) is 0.0193. The van der Waals surface area contributed by atoms with Crippen molar-refractivity contribution in [3.05, 3.63) is 0 Å². The average Bonchev–Trinajstić information content (AvgIpc) is 1.82. The van der Waals surface area contributed by atoms with E-state index in [2.05, 4.69) is 0 Å². The van der Waals surface area contributed by atoms with Crippen LogP contribution in [0.1, 0.15) is 33.6 Å². The van der Waals surface area contributed by atoms with Gasteiger partial charge in [0.25, 0.3) is 0 Å². The molecule has 0 aliphatic rings. The summed E-state index contributed by atoms with van der Waals surface area (Å²) in [5.41, 5.74) is 4.59. The summed E-state index contributed by atoms with van der Waals surface area (Å²) in [4.78, 5) is 0. The van der Waals surface area contributed by atoms with Crippen molar-refractivity contribution >= 4 is 5.84 Å². The van der Waals surface area contributed by atoms with Gasteiger partial charge >= 0.3 is 5.92 Å². The topological polar surface area (TPSA) is 49.9 Å². The number of halogens is 2. The molecule has 12 heavy (non-hydrogen) atoms. The number of nitrogens with one attached hydrogen (secondary N) is 1. The van der Waals surface area contributed by atoms with Crippen molar-refractivity contribution in [1.82, 2.24) is 0 Å². The molecule has 0 aromatic heterocycles. The average molecular weight is 178 g/mol. The lowest BCUT2D eigenvalue weighted by Gasteiger charge is -2.21. The second-order valence-electron chi connectivity index (χ2n) is 4.18. The van der Waals surface area contributed by atoms with Crippen LogP contribution in [-0.4, -0.2) is 11.8 Å². The first-order chi connectivity index (χ1) is 5.15. The lowest BCUT2D eigenvalue weighted by atomic mass is 9.89. The van der Waals surface area contributed by atoms with Crippen molar-refractivity contribution in [3.8, 4) is 0 Å². The van der Waals surface area contributed by atoms with Gasteiger partial charge in [-0.25, -0.2) is 0 Å². The van der Waals surface area contributed by atoms with Gasteiger partial charge in [-0.1, -0.05) is 20.8 Å². The SMILES string of the molecule is CC(C)(C)CCC(F)(F)C(=N)N. The van der Waals surface area contributed by atoms with Crippen molar-refractivity contribution in [3.63, 3.8) is 0 Å². The number of hydrogen-bond donors (Lipinski definition) is 2. The monoisotopic (exact) mass is 178 g/mol. The van der Waals surface area contributed by atoms with E-state index in [4.69, 9.17) is 11.1 Å². The van der Waals surface area contributed by atoms with Gasteiger partial charge in [-0.05, 0) is 11.8 Å². The lowest BCUT2D eigenvalue weighted by Crippen LogP contribution is -2.35. The molecule has 2 nitrogen and oxygen atoms in total. The number of rotatable bonds is 3. The Labute approximate surface area is 71.7 Å². The summed E-state index contributed by atoms with van der Waals surface area (Å²) in [5.74, 6) is -4.17. The third kappa shape index (κ3) is 4.26. The van der Waals surface area contributed by atoms with Gasteiger partial charge < -0.3 is 5.73 Å². The van der Waals surface area contributed by atoms with Crippen LogP contribution in [0, 0.1) is 10.8 Å². The minimum atomic E-state index is -3.13. The number of nitrogens with two attached hydrogens (primary N) is 1. The van der Waals surface area contributed by atoms with E-state index in [1.54, 1.807) is 0 Å². The Morgan fingerprint density at radius 2 is 1.67 bits per heavy atom. The Bertz CT molecular complexity index is 170. The molecule has 0 unspecified atom stereocenters. The minimum absolute atomic E-state index is 0.140. The maximum atomic E-state index is 12.7. The summed E-state index contributed by atoms with van der Waals surface area (Å²) in [6, 6.07) is 0. The number of hydrogen-bond acceptors (Lipinski definition) is 1. The molecule has 0 saturated carbocycles. The first-order valence-electron chi connectivity index (χ1n) is 3.87. The van der Waals surface area contributed by atoms with E-state index in [0.717, 1.165) is 0 Å². The summed E-state index contributed by atoms with van der Waals surface area (Å²) in [5, 5.41) is 6.63. The molecule has 0 rings (SSSR count). The largest absolute Gasteiger partial charge is 0.383 e. The normalized spacial score (nSPS) is 13.1. The Kier molecular flexibility index (Phi) is 3.18. The van der Waals surface area contributed by atoms with Crippen LogP contribution in [0.25, 0.3) is 0 Å². The molecule has 0 atom stereocenters. The number of alkyl halides is 2. The van der Waals surface area contributed by atoms with E-state index < -0.39 is 11.8 Å². The van der Waals surface area contributed by atoms with Gasteiger partial charge in [-0.15, -0.1) is 0 Å². The molecule has 0 aromatic carbocycles. The van der Waals surface area contributed by atoms with Crippen LogP contribution in [0.5, 0.6) is 0 Å². The summed E-state index contributed by atoms with van der Waals surface area (Å²) >= 11 is 0. The van der Waals surface area contributed by atoms with E-state index in [0.29, 0.717) is 6.42 Å². The van der Waals surface area contributed by atoms with Crippen LogP contribution in [0.2, 0.25) is 0 Å². The predicted octanol–water partition coefficient (Wildman–Crippen LogP) is 2.38. The smallest absolute Gasteiger partial charge is 0.303 e. The van der Waals surface area contributed by atoms with E-state index in [1.165, 1.54) is 0 Å². The highest BCUT2D eigenvalue weighted by atomic mass is 19.3. The molecular weight excluding hydrogens is 162 g/mol. The maximum absolute atomic E-state index is 12.7. The van der Waals surface area contributed by atoms with Gasteiger partial charge in [-0.3, -0.25) is 5.41 Å². The van der Waals surface area contributed by atoms with Gasteiger partial charge in [0.15, 0.2) is 5.84 Å². The van der Waals surface area contributed by atoms with E-state index in [1.807, 2.05) is 20.8 Å². The Hall–Kier alpha value is -0.670. The zero-order chi connectivity index (χ0) is 9.99. The second-order valence-corrected chi connectivity index (χ2v) is 4.18. The molecular formula is C8H16F2N2. The summed E-state index contributed by atoms with van der Waals surface area (Å²) in [7, 11) is 0. The van der Waals surface area contributed by atoms with Crippen molar-refractivity contribution in [2.24, 2.45) is 11.1 Å². The van der Waals surface area contributed by atoms with Crippen LogP contribution in [-0.2, 0) is 0 Å². The zero-order valence-corrected chi connectivity index (χ0v) is 7.75. The molecule has 0 heterocycles. The third-order valence-corrected chi connectivity index (χ3v) is 1.58.